The highest BCUT2D eigenvalue weighted by atomic mass is 16.1. The Hall–Kier alpha value is -3.41. The Bertz CT molecular complexity index is 1190. The van der Waals surface area contributed by atoms with Crippen molar-refractivity contribution < 1.29 is 4.79 Å². The van der Waals surface area contributed by atoms with Crippen LogP contribution in [0.3, 0.4) is 0 Å². The first-order chi connectivity index (χ1) is 14.0. The molecule has 0 spiro atoms. The first-order valence-electron chi connectivity index (χ1n) is 9.87. The number of hydrogen-bond donors (Lipinski definition) is 2. The van der Waals surface area contributed by atoms with Crippen LogP contribution in [-0.4, -0.2) is 27.0 Å². The topological polar surface area (TPSA) is 85.8 Å². The number of aromatic nitrogens is 3. The Morgan fingerprint density at radius 2 is 1.72 bits per heavy atom. The van der Waals surface area contributed by atoms with Crippen LogP contribution < -0.4 is 11.1 Å². The van der Waals surface area contributed by atoms with Gasteiger partial charge >= 0.3 is 0 Å². The predicted molar refractivity (Wildman–Crippen MR) is 117 cm³/mol. The minimum atomic E-state index is -0.219. The molecule has 0 radical (unpaired) electrons. The molecule has 2 aromatic carbocycles. The number of fused-ring (bicyclic) bond motifs is 2. The zero-order valence-corrected chi connectivity index (χ0v) is 16.9. The highest BCUT2D eigenvalue weighted by Gasteiger charge is 2.24. The van der Waals surface area contributed by atoms with Gasteiger partial charge in [0.25, 0.3) is 5.91 Å². The molecule has 2 heterocycles. The summed E-state index contributed by atoms with van der Waals surface area (Å²) in [5.74, 6) is 0.634. The van der Waals surface area contributed by atoms with E-state index < -0.39 is 0 Å². The van der Waals surface area contributed by atoms with E-state index in [-0.39, 0.29) is 5.91 Å². The highest BCUT2D eigenvalue weighted by Crippen LogP contribution is 2.31. The monoisotopic (exact) mass is 387 g/mol. The Morgan fingerprint density at radius 1 is 1.07 bits per heavy atom. The van der Waals surface area contributed by atoms with Gasteiger partial charge in [0.1, 0.15) is 16.9 Å². The van der Waals surface area contributed by atoms with E-state index in [1.54, 1.807) is 0 Å². The summed E-state index contributed by atoms with van der Waals surface area (Å²) in [5.41, 5.74) is 11.5. The summed E-state index contributed by atoms with van der Waals surface area (Å²) in [6.45, 7) is 6.87. The molecule has 2 aromatic heterocycles. The van der Waals surface area contributed by atoms with Crippen molar-refractivity contribution in [3.8, 4) is 5.69 Å². The average Bonchev–Trinajstić information content (AvgIpc) is 2.97. The molecule has 0 saturated heterocycles. The van der Waals surface area contributed by atoms with E-state index in [1.165, 1.54) is 0 Å². The smallest absolute Gasteiger partial charge is 0.257 e. The third kappa shape index (κ3) is 3.53. The molecule has 3 N–H and O–H groups in total. The van der Waals surface area contributed by atoms with Gasteiger partial charge in [0.15, 0.2) is 5.65 Å². The zero-order valence-electron chi connectivity index (χ0n) is 16.9. The molecule has 0 unspecified atom stereocenters. The Morgan fingerprint density at radius 3 is 2.38 bits per heavy atom. The quantitative estimate of drug-likeness (QED) is 0.536. The Kier molecular flexibility index (Phi) is 4.92. The summed E-state index contributed by atoms with van der Waals surface area (Å²) in [7, 11) is 0. The number of hydrogen-bond acceptors (Lipinski definition) is 4. The molecule has 148 valence electrons. The Labute approximate surface area is 169 Å². The van der Waals surface area contributed by atoms with Crippen LogP contribution in [-0.2, 0) is 0 Å². The molecule has 0 aliphatic heterocycles. The number of carbonyl (C=O) groups excluding carboxylic acids is 1. The SMILES string of the molecule is Cc1ccc(-n2c(N)c(C(=O)NCCC(C)C)c3nc4ccccc4nc32)cc1. The fourth-order valence-corrected chi connectivity index (χ4v) is 3.40. The van der Waals surface area contributed by atoms with E-state index in [4.69, 9.17) is 15.7 Å². The maximum absolute atomic E-state index is 13.0. The summed E-state index contributed by atoms with van der Waals surface area (Å²) in [5, 5.41) is 2.99. The van der Waals surface area contributed by atoms with Crippen molar-refractivity contribution in [3.05, 3.63) is 59.7 Å². The molecule has 4 rings (SSSR count). The Balaban J connectivity index is 1.92. The van der Waals surface area contributed by atoms with Crippen molar-refractivity contribution in [1.82, 2.24) is 19.9 Å². The van der Waals surface area contributed by atoms with Gasteiger partial charge < -0.3 is 11.1 Å². The second kappa shape index (κ2) is 7.54. The second-order valence-electron chi connectivity index (χ2n) is 7.75. The average molecular weight is 387 g/mol. The van der Waals surface area contributed by atoms with Gasteiger partial charge in [-0.25, -0.2) is 9.97 Å². The molecular weight excluding hydrogens is 362 g/mol. The molecule has 0 bridgehead atoms. The zero-order chi connectivity index (χ0) is 20.5. The van der Waals surface area contributed by atoms with Crippen molar-refractivity contribution in [2.24, 2.45) is 5.92 Å². The summed E-state index contributed by atoms with van der Waals surface area (Å²) < 4.78 is 1.81. The van der Waals surface area contributed by atoms with E-state index in [9.17, 15) is 4.79 Å². The third-order valence-corrected chi connectivity index (χ3v) is 5.02. The lowest BCUT2D eigenvalue weighted by Gasteiger charge is -2.09. The van der Waals surface area contributed by atoms with Gasteiger partial charge in [0.05, 0.1) is 11.0 Å². The number of nitrogens with one attached hydrogen (secondary N) is 1. The lowest BCUT2D eigenvalue weighted by molar-refractivity contribution is 0.0954. The van der Waals surface area contributed by atoms with Crippen LogP contribution in [0.2, 0.25) is 0 Å². The number of rotatable bonds is 5. The fraction of sp³-hybridized carbons (Fsp3) is 0.261. The molecule has 0 atom stereocenters. The molecule has 29 heavy (non-hydrogen) atoms. The van der Waals surface area contributed by atoms with E-state index in [2.05, 4.69) is 19.2 Å². The molecule has 6 heteroatoms. The van der Waals surface area contributed by atoms with Crippen molar-refractivity contribution in [2.75, 3.05) is 12.3 Å². The predicted octanol–water partition coefficient (Wildman–Crippen LogP) is 4.24. The first-order valence-corrected chi connectivity index (χ1v) is 9.87. The van der Waals surface area contributed by atoms with Crippen LogP contribution in [0.4, 0.5) is 5.82 Å². The molecule has 0 saturated carbocycles. The van der Waals surface area contributed by atoms with Gasteiger partial charge in [-0.1, -0.05) is 43.7 Å². The van der Waals surface area contributed by atoms with E-state index in [0.717, 1.165) is 28.7 Å². The summed E-state index contributed by atoms with van der Waals surface area (Å²) in [6, 6.07) is 15.6. The summed E-state index contributed by atoms with van der Waals surface area (Å²) >= 11 is 0. The van der Waals surface area contributed by atoms with Gasteiger partial charge in [-0.2, -0.15) is 0 Å². The van der Waals surface area contributed by atoms with Crippen LogP contribution in [0, 0.1) is 12.8 Å². The van der Waals surface area contributed by atoms with Crippen molar-refractivity contribution >= 4 is 33.9 Å². The maximum atomic E-state index is 13.0. The van der Waals surface area contributed by atoms with Crippen LogP contribution in [0.15, 0.2) is 48.5 Å². The van der Waals surface area contributed by atoms with Gasteiger partial charge in [-0.15, -0.1) is 0 Å². The standard InChI is InChI=1S/C23H25N5O/c1-14(2)12-13-25-23(29)19-20-22(27-18-7-5-4-6-17(18)26-20)28(21(19)24)16-10-8-15(3)9-11-16/h4-11,14H,12-13,24H2,1-3H3,(H,25,29). The van der Waals surface area contributed by atoms with Crippen LogP contribution in [0.5, 0.6) is 0 Å². The summed E-state index contributed by atoms with van der Waals surface area (Å²) in [4.78, 5) is 22.6. The van der Waals surface area contributed by atoms with Crippen molar-refractivity contribution in [1.29, 1.82) is 0 Å². The lowest BCUT2D eigenvalue weighted by Crippen LogP contribution is -2.26. The van der Waals surface area contributed by atoms with Crippen molar-refractivity contribution in [2.45, 2.75) is 27.2 Å². The number of anilines is 1. The largest absolute Gasteiger partial charge is 0.384 e. The molecule has 1 amide bonds. The maximum Gasteiger partial charge on any atom is 0.257 e. The fourth-order valence-electron chi connectivity index (χ4n) is 3.40. The third-order valence-electron chi connectivity index (χ3n) is 5.02. The van der Waals surface area contributed by atoms with E-state index >= 15 is 0 Å². The van der Waals surface area contributed by atoms with Crippen LogP contribution >= 0.6 is 0 Å². The van der Waals surface area contributed by atoms with Crippen LogP contribution in [0.25, 0.3) is 27.9 Å². The molecule has 4 aromatic rings. The second-order valence-corrected chi connectivity index (χ2v) is 7.75. The van der Waals surface area contributed by atoms with Crippen LogP contribution in [0.1, 0.15) is 36.2 Å². The lowest BCUT2D eigenvalue weighted by atomic mass is 10.1. The number of amides is 1. The number of nitrogens with two attached hydrogens (primary N) is 1. The van der Waals surface area contributed by atoms with E-state index in [0.29, 0.717) is 35.0 Å². The first kappa shape index (κ1) is 18.9. The molecule has 0 aliphatic carbocycles. The number of nitrogens with zero attached hydrogens (tertiary/aromatic N) is 3. The number of nitrogen functional groups attached to an aromatic ring is 1. The minimum Gasteiger partial charge on any atom is -0.384 e. The van der Waals surface area contributed by atoms with Gasteiger partial charge in [0.2, 0.25) is 0 Å². The highest BCUT2D eigenvalue weighted by molar-refractivity contribution is 6.11. The molecule has 0 fully saturated rings. The molecule has 0 aliphatic rings. The molecular formula is C23H25N5O. The normalized spacial score (nSPS) is 11.4. The molecule has 6 nitrogen and oxygen atoms in total. The number of para-hydroxylation sites is 2. The van der Waals surface area contributed by atoms with Gasteiger partial charge in [-0.05, 0) is 43.5 Å². The van der Waals surface area contributed by atoms with Gasteiger partial charge in [-0.3, -0.25) is 9.36 Å². The van der Waals surface area contributed by atoms with Crippen molar-refractivity contribution in [3.63, 3.8) is 0 Å². The van der Waals surface area contributed by atoms with E-state index in [1.807, 2.05) is 60.0 Å². The number of benzene rings is 2. The number of carbonyl (C=O) groups is 1. The number of aryl methyl sites for hydroxylation is 1. The summed E-state index contributed by atoms with van der Waals surface area (Å²) in [6.07, 6.45) is 0.900. The minimum absolute atomic E-state index is 0.219. The van der Waals surface area contributed by atoms with Gasteiger partial charge in [0, 0.05) is 12.2 Å².